The van der Waals surface area contributed by atoms with E-state index >= 15 is 0 Å². The lowest BCUT2D eigenvalue weighted by Crippen LogP contribution is -2.55. The maximum absolute atomic E-state index is 13.2. The molecule has 0 spiro atoms. The van der Waals surface area contributed by atoms with Crippen molar-refractivity contribution in [2.75, 3.05) is 39.3 Å². The van der Waals surface area contributed by atoms with Gasteiger partial charge in [0, 0.05) is 62.0 Å². The fraction of sp³-hybridized carbons (Fsp3) is 0.625. The number of carbonyl (C=O) groups is 3. The number of hydrogen-bond acceptors (Lipinski definition) is 7. The van der Waals surface area contributed by atoms with Crippen LogP contribution in [-0.4, -0.2) is 98.2 Å². The van der Waals surface area contributed by atoms with Crippen LogP contribution in [0.1, 0.15) is 43.9 Å². The minimum absolute atomic E-state index is 0.0280. The molecule has 37 heavy (non-hydrogen) atoms. The smallest absolute Gasteiger partial charge is 0.242 e. The number of hydrogen-bond donors (Lipinski definition) is 2. The van der Waals surface area contributed by atoms with E-state index in [0.717, 1.165) is 44.3 Å². The van der Waals surface area contributed by atoms with Gasteiger partial charge in [-0.1, -0.05) is 11.6 Å². The first-order valence-electron chi connectivity index (χ1n) is 12.6. The van der Waals surface area contributed by atoms with Crippen LogP contribution in [0, 0.1) is 0 Å². The van der Waals surface area contributed by atoms with Gasteiger partial charge in [0.15, 0.2) is 0 Å². The maximum Gasteiger partial charge on any atom is 0.242 e. The minimum atomic E-state index is -3.85. The number of likely N-dealkylation sites (tertiary alicyclic amines) is 3. The molecule has 1 aromatic heterocycles. The van der Waals surface area contributed by atoms with E-state index in [4.69, 9.17) is 11.6 Å². The summed E-state index contributed by atoms with van der Waals surface area (Å²) in [6.07, 6.45) is 5.16. The van der Waals surface area contributed by atoms with Crippen LogP contribution >= 0.6 is 22.9 Å². The first kappa shape index (κ1) is 28.0. The summed E-state index contributed by atoms with van der Waals surface area (Å²) in [7, 11) is -3.85. The molecule has 3 fully saturated rings. The van der Waals surface area contributed by atoms with Crippen LogP contribution in [-0.2, 0) is 24.4 Å². The number of thiophene rings is 1. The lowest BCUT2D eigenvalue weighted by molar-refractivity contribution is -0.143. The highest BCUT2D eigenvalue weighted by Crippen LogP contribution is 2.24. The zero-order valence-corrected chi connectivity index (χ0v) is 23.3. The number of halogens is 1. The first-order valence-corrected chi connectivity index (χ1v) is 15.4. The summed E-state index contributed by atoms with van der Waals surface area (Å²) in [5.74, 6) is -0.504. The van der Waals surface area contributed by atoms with E-state index in [1.165, 1.54) is 29.2 Å². The second-order valence-corrected chi connectivity index (χ2v) is 13.2. The Morgan fingerprint density at radius 1 is 1.16 bits per heavy atom. The number of rotatable bonds is 9. The molecule has 0 aromatic carbocycles. The van der Waals surface area contributed by atoms with Crippen molar-refractivity contribution in [3.05, 3.63) is 26.8 Å². The van der Waals surface area contributed by atoms with Crippen LogP contribution in [0.4, 0.5) is 0 Å². The monoisotopic (exact) mass is 571 g/mol. The van der Waals surface area contributed by atoms with Crippen LogP contribution in [0.5, 0.6) is 0 Å². The lowest BCUT2D eigenvalue weighted by atomic mass is 10.1. The molecule has 3 aliphatic rings. The Kier molecular flexibility index (Phi) is 9.28. The van der Waals surface area contributed by atoms with Crippen molar-refractivity contribution in [1.29, 1.82) is 0 Å². The standard InChI is InChI=1S/C24H34ClN5O5S2/c1-17(31)26-18-8-12-28(14-18)15-19-4-2-11-30(19)23(32)16-29-10-3-5-21(24(29)33)27-37(34,35)13-9-20-6-7-22(25)36-20/h6-7,9,13,18-19,21,27H,2-5,8,10-12,14-16H2,1H3,(H,26,31)/b13-9+/t18?,19-,21-/m0/s1. The molecule has 1 unspecified atom stereocenters. The highest BCUT2D eigenvalue weighted by atomic mass is 35.5. The van der Waals surface area contributed by atoms with Crippen LogP contribution in [0.15, 0.2) is 17.5 Å². The molecule has 0 saturated carbocycles. The van der Waals surface area contributed by atoms with Gasteiger partial charge in [-0.25, -0.2) is 8.42 Å². The average molecular weight is 572 g/mol. The topological polar surface area (TPSA) is 119 Å². The average Bonchev–Trinajstić information content (AvgIpc) is 3.57. The van der Waals surface area contributed by atoms with Crippen molar-refractivity contribution in [3.63, 3.8) is 0 Å². The summed E-state index contributed by atoms with van der Waals surface area (Å²) >= 11 is 7.14. The number of piperidine rings is 1. The van der Waals surface area contributed by atoms with Gasteiger partial charge < -0.3 is 15.1 Å². The highest BCUT2D eigenvalue weighted by molar-refractivity contribution is 7.92. The van der Waals surface area contributed by atoms with Crippen LogP contribution in [0.25, 0.3) is 6.08 Å². The van der Waals surface area contributed by atoms with Gasteiger partial charge >= 0.3 is 0 Å². The second-order valence-electron chi connectivity index (χ2n) is 9.89. The number of amides is 3. The van der Waals surface area contributed by atoms with Crippen molar-refractivity contribution in [1.82, 2.24) is 24.7 Å². The number of carbonyl (C=O) groups excluding carboxylic acids is 3. The van der Waals surface area contributed by atoms with Gasteiger partial charge in [-0.15, -0.1) is 11.3 Å². The van der Waals surface area contributed by atoms with E-state index in [2.05, 4.69) is 14.9 Å². The molecule has 0 bridgehead atoms. The first-order chi connectivity index (χ1) is 17.6. The van der Waals surface area contributed by atoms with E-state index in [0.29, 0.717) is 35.1 Å². The highest BCUT2D eigenvalue weighted by Gasteiger charge is 2.36. The fourth-order valence-electron chi connectivity index (χ4n) is 5.33. The molecule has 3 saturated heterocycles. The number of sulfonamides is 1. The summed E-state index contributed by atoms with van der Waals surface area (Å²) in [5.41, 5.74) is 0. The SMILES string of the molecule is CC(=O)NC1CCN(C[C@@H]2CCCN2C(=O)CN2CCC[C@H](NS(=O)(=O)/C=C/c3ccc(Cl)s3)C2=O)C1. The zero-order chi connectivity index (χ0) is 26.6. The van der Waals surface area contributed by atoms with Gasteiger partial charge in [0.05, 0.1) is 10.9 Å². The molecule has 4 heterocycles. The zero-order valence-electron chi connectivity index (χ0n) is 20.9. The quantitative estimate of drug-likeness (QED) is 0.463. The molecule has 3 aliphatic heterocycles. The van der Waals surface area contributed by atoms with E-state index in [-0.39, 0.29) is 36.3 Å². The third-order valence-electron chi connectivity index (χ3n) is 7.01. The van der Waals surface area contributed by atoms with Crippen molar-refractivity contribution >= 4 is 56.8 Å². The normalized spacial score (nSPS) is 25.4. The van der Waals surface area contributed by atoms with Gasteiger partial charge in [0.1, 0.15) is 6.04 Å². The minimum Gasteiger partial charge on any atom is -0.352 e. The Morgan fingerprint density at radius 2 is 1.95 bits per heavy atom. The molecule has 204 valence electrons. The Morgan fingerprint density at radius 3 is 2.68 bits per heavy atom. The van der Waals surface area contributed by atoms with Crippen molar-refractivity contribution in [2.45, 2.75) is 57.2 Å². The Balaban J connectivity index is 1.30. The van der Waals surface area contributed by atoms with Crippen molar-refractivity contribution in [3.8, 4) is 0 Å². The molecule has 4 rings (SSSR count). The molecule has 13 heteroatoms. The molecule has 2 N–H and O–H groups in total. The summed E-state index contributed by atoms with van der Waals surface area (Å²) in [4.78, 5) is 43.9. The summed E-state index contributed by atoms with van der Waals surface area (Å²) in [6, 6.07) is 2.73. The Hall–Kier alpha value is -1.99. The van der Waals surface area contributed by atoms with Gasteiger partial charge in [-0.2, -0.15) is 4.72 Å². The summed E-state index contributed by atoms with van der Waals surface area (Å²) in [5, 5.41) is 4.00. The third kappa shape index (κ3) is 7.76. The predicted molar refractivity (Wildman–Crippen MR) is 143 cm³/mol. The lowest BCUT2D eigenvalue weighted by Gasteiger charge is -2.34. The largest absolute Gasteiger partial charge is 0.352 e. The molecule has 10 nitrogen and oxygen atoms in total. The Bertz CT molecular complexity index is 1140. The van der Waals surface area contributed by atoms with Crippen LogP contribution < -0.4 is 10.0 Å². The van der Waals surface area contributed by atoms with Gasteiger partial charge in [0.2, 0.25) is 27.7 Å². The molecular formula is C24H34ClN5O5S2. The second kappa shape index (κ2) is 12.2. The van der Waals surface area contributed by atoms with Crippen molar-refractivity contribution in [2.24, 2.45) is 0 Å². The van der Waals surface area contributed by atoms with E-state index < -0.39 is 16.1 Å². The Labute approximate surface area is 227 Å². The molecule has 0 aliphatic carbocycles. The van der Waals surface area contributed by atoms with E-state index in [1.54, 1.807) is 12.1 Å². The summed E-state index contributed by atoms with van der Waals surface area (Å²) < 4.78 is 28.1. The molecule has 0 radical (unpaired) electrons. The molecule has 3 amide bonds. The van der Waals surface area contributed by atoms with E-state index in [1.807, 2.05) is 4.90 Å². The van der Waals surface area contributed by atoms with Crippen molar-refractivity contribution < 1.29 is 22.8 Å². The van der Waals surface area contributed by atoms with Gasteiger partial charge in [-0.05, 0) is 50.3 Å². The fourth-order valence-corrected chi connectivity index (χ4v) is 7.40. The van der Waals surface area contributed by atoms with Gasteiger partial charge in [0.25, 0.3) is 0 Å². The van der Waals surface area contributed by atoms with E-state index in [9.17, 15) is 22.8 Å². The predicted octanol–water partition coefficient (Wildman–Crippen LogP) is 1.48. The van der Waals surface area contributed by atoms with Crippen LogP contribution in [0.2, 0.25) is 4.34 Å². The number of nitrogens with one attached hydrogen (secondary N) is 2. The molecular weight excluding hydrogens is 538 g/mol. The maximum atomic E-state index is 13.2. The van der Waals surface area contributed by atoms with Crippen LogP contribution in [0.3, 0.4) is 0 Å². The third-order valence-corrected chi connectivity index (χ3v) is 9.32. The molecule has 1 aromatic rings. The van der Waals surface area contributed by atoms with Gasteiger partial charge in [-0.3, -0.25) is 19.3 Å². The molecule has 3 atom stereocenters. The number of nitrogens with zero attached hydrogens (tertiary/aromatic N) is 3. The summed E-state index contributed by atoms with van der Waals surface area (Å²) in [6.45, 7) is 4.96.